The summed E-state index contributed by atoms with van der Waals surface area (Å²) in [7, 11) is 0. The molecule has 3 aromatic carbocycles. The van der Waals surface area contributed by atoms with E-state index < -0.39 is 0 Å². The summed E-state index contributed by atoms with van der Waals surface area (Å²) in [5.41, 5.74) is 4.05. The van der Waals surface area contributed by atoms with Gasteiger partial charge in [0.25, 0.3) is 0 Å². The molecule has 3 heteroatoms. The van der Waals surface area contributed by atoms with Gasteiger partial charge in [0, 0.05) is 16.3 Å². The van der Waals surface area contributed by atoms with Gasteiger partial charge in [0.15, 0.2) is 0 Å². The second kappa shape index (κ2) is 14.8. The van der Waals surface area contributed by atoms with Crippen LogP contribution in [-0.4, -0.2) is 29.0 Å². The van der Waals surface area contributed by atoms with E-state index in [0.717, 1.165) is 11.9 Å². The van der Waals surface area contributed by atoms with E-state index in [-0.39, 0.29) is 4.75 Å². The Kier molecular flexibility index (Phi) is 11.8. The van der Waals surface area contributed by atoms with Crippen LogP contribution in [0.1, 0.15) is 70.1 Å². The average molecular weight is 507 g/mol. The first kappa shape index (κ1) is 27.9. The summed E-state index contributed by atoms with van der Waals surface area (Å²) in [5, 5.41) is 1.66. The van der Waals surface area contributed by atoms with Gasteiger partial charge in [0.2, 0.25) is 0 Å². The van der Waals surface area contributed by atoms with Gasteiger partial charge in [-0.3, -0.25) is 0 Å². The molecule has 188 valence electrons. The molecule has 0 N–H and O–H groups in total. The molecule has 0 spiro atoms. The standard InChI is InChI=1S/C24H26S.C4H8O.C4H8S/c1-3-23(4-2)25-24(20-14-8-5-9-15-20,21-16-10-6-11-17-21)22-18-12-7-13-19-22;2*1-2-4-3-5-4/h5-19,23H,3-4H2,1-2H3;2*4H,2-3H2,1H3. The lowest BCUT2D eigenvalue weighted by molar-refractivity contribution is 0.403. The summed E-state index contributed by atoms with van der Waals surface area (Å²) in [5.74, 6) is 1.43. The van der Waals surface area contributed by atoms with Crippen molar-refractivity contribution in [3.63, 3.8) is 0 Å². The number of thioether (sulfide) groups is 2. The summed E-state index contributed by atoms with van der Waals surface area (Å²) in [6.07, 6.45) is 5.56. The van der Waals surface area contributed by atoms with Gasteiger partial charge >= 0.3 is 0 Å². The Labute approximate surface area is 222 Å². The van der Waals surface area contributed by atoms with Gasteiger partial charge in [0.1, 0.15) is 0 Å². The Balaban J connectivity index is 0.000000281. The summed E-state index contributed by atoms with van der Waals surface area (Å²) in [4.78, 5) is 0. The molecular formula is C32H42OS2. The average Bonchev–Trinajstić information content (AvgIpc) is 3.86. The van der Waals surface area contributed by atoms with Crippen LogP contribution in [0.5, 0.6) is 0 Å². The van der Waals surface area contributed by atoms with Gasteiger partial charge in [0.05, 0.1) is 17.5 Å². The molecule has 0 bridgehead atoms. The molecule has 2 saturated heterocycles. The zero-order valence-electron chi connectivity index (χ0n) is 21.9. The third-order valence-electron chi connectivity index (χ3n) is 6.51. The molecule has 0 radical (unpaired) electrons. The number of hydrogen-bond acceptors (Lipinski definition) is 3. The molecule has 2 unspecified atom stereocenters. The SMILES string of the molecule is CCC(CC)SC(c1ccccc1)(c1ccccc1)c1ccccc1.CCC1CO1.CCC1CS1. The maximum Gasteiger partial charge on any atom is 0.0909 e. The maximum atomic E-state index is 4.86. The van der Waals surface area contributed by atoms with Crippen LogP contribution in [0.3, 0.4) is 0 Å². The third-order valence-corrected chi connectivity index (χ3v) is 9.71. The summed E-state index contributed by atoms with van der Waals surface area (Å²) >= 11 is 4.16. The number of ether oxygens (including phenoxy) is 1. The second-order valence-corrected chi connectivity index (χ2v) is 11.9. The summed E-state index contributed by atoms with van der Waals surface area (Å²) < 4.78 is 4.68. The van der Waals surface area contributed by atoms with Crippen LogP contribution >= 0.6 is 23.5 Å². The van der Waals surface area contributed by atoms with Crippen molar-refractivity contribution in [2.75, 3.05) is 12.4 Å². The molecule has 2 aliphatic heterocycles. The Morgan fingerprint density at radius 1 is 0.743 bits per heavy atom. The molecule has 3 aromatic rings. The lowest BCUT2D eigenvalue weighted by Gasteiger charge is -2.38. The number of rotatable bonds is 9. The Bertz CT molecular complexity index is 824. The third kappa shape index (κ3) is 8.44. The summed E-state index contributed by atoms with van der Waals surface area (Å²) in [6.45, 7) is 9.98. The van der Waals surface area contributed by atoms with E-state index in [1.165, 1.54) is 48.1 Å². The predicted molar refractivity (Wildman–Crippen MR) is 158 cm³/mol. The molecular weight excluding hydrogens is 464 g/mol. The highest BCUT2D eigenvalue weighted by atomic mass is 32.2. The van der Waals surface area contributed by atoms with Crippen molar-refractivity contribution in [3.05, 3.63) is 108 Å². The molecule has 0 aliphatic carbocycles. The first-order valence-electron chi connectivity index (χ1n) is 13.2. The van der Waals surface area contributed by atoms with Crippen LogP contribution in [0.2, 0.25) is 0 Å². The van der Waals surface area contributed by atoms with Gasteiger partial charge in [-0.2, -0.15) is 11.8 Å². The fraction of sp³-hybridized carbons (Fsp3) is 0.438. The van der Waals surface area contributed by atoms with Crippen LogP contribution in [0.25, 0.3) is 0 Å². The van der Waals surface area contributed by atoms with Crippen molar-refractivity contribution in [2.45, 2.75) is 74.7 Å². The largest absolute Gasteiger partial charge is 0.373 e. The highest BCUT2D eigenvalue weighted by Crippen LogP contribution is 2.51. The van der Waals surface area contributed by atoms with Crippen molar-refractivity contribution < 1.29 is 4.74 Å². The minimum absolute atomic E-state index is 0.180. The van der Waals surface area contributed by atoms with Gasteiger partial charge in [-0.05, 0) is 42.4 Å². The van der Waals surface area contributed by atoms with E-state index in [1.807, 2.05) is 0 Å². The predicted octanol–water partition coefficient (Wildman–Crippen LogP) is 9.21. The summed E-state index contributed by atoms with van der Waals surface area (Å²) in [6, 6.07) is 32.9. The minimum Gasteiger partial charge on any atom is -0.373 e. The van der Waals surface area contributed by atoms with Crippen LogP contribution in [-0.2, 0) is 9.48 Å². The van der Waals surface area contributed by atoms with Gasteiger partial charge in [-0.15, -0.1) is 11.8 Å². The molecule has 0 amide bonds. The smallest absolute Gasteiger partial charge is 0.0909 e. The van der Waals surface area contributed by atoms with Crippen LogP contribution in [0.4, 0.5) is 0 Å². The fourth-order valence-corrected chi connectivity index (χ4v) is 6.29. The highest BCUT2D eigenvalue weighted by Gasteiger charge is 2.38. The quantitative estimate of drug-likeness (QED) is 0.212. The first-order chi connectivity index (χ1) is 17.2. The van der Waals surface area contributed by atoms with Crippen molar-refractivity contribution in [1.29, 1.82) is 0 Å². The molecule has 2 heterocycles. The van der Waals surface area contributed by atoms with Crippen molar-refractivity contribution in [1.82, 2.24) is 0 Å². The topological polar surface area (TPSA) is 12.5 Å². The Morgan fingerprint density at radius 2 is 1.14 bits per heavy atom. The van der Waals surface area contributed by atoms with E-state index in [0.29, 0.717) is 11.4 Å². The van der Waals surface area contributed by atoms with E-state index >= 15 is 0 Å². The van der Waals surface area contributed by atoms with Crippen LogP contribution in [0.15, 0.2) is 91.0 Å². The first-order valence-corrected chi connectivity index (χ1v) is 15.2. The monoisotopic (exact) mass is 506 g/mol. The minimum atomic E-state index is -0.180. The normalized spacial score (nSPS) is 18.1. The van der Waals surface area contributed by atoms with E-state index in [9.17, 15) is 0 Å². The van der Waals surface area contributed by atoms with Crippen molar-refractivity contribution in [2.24, 2.45) is 0 Å². The second-order valence-electron chi connectivity index (χ2n) is 9.06. The zero-order chi connectivity index (χ0) is 24.9. The molecule has 0 aromatic heterocycles. The van der Waals surface area contributed by atoms with E-state index in [4.69, 9.17) is 4.74 Å². The van der Waals surface area contributed by atoms with Crippen molar-refractivity contribution in [3.8, 4) is 0 Å². The molecule has 1 nitrogen and oxygen atoms in total. The molecule has 5 rings (SSSR count). The lowest BCUT2D eigenvalue weighted by atomic mass is 9.84. The number of epoxide rings is 1. The van der Waals surface area contributed by atoms with Crippen LogP contribution in [0, 0.1) is 0 Å². The number of hydrogen-bond donors (Lipinski definition) is 0. The lowest BCUT2D eigenvalue weighted by Crippen LogP contribution is -2.28. The van der Waals surface area contributed by atoms with Gasteiger partial charge in [-0.1, -0.05) is 119 Å². The van der Waals surface area contributed by atoms with Crippen LogP contribution < -0.4 is 0 Å². The molecule has 2 aliphatic rings. The van der Waals surface area contributed by atoms with E-state index in [1.54, 1.807) is 0 Å². The molecule has 2 atom stereocenters. The van der Waals surface area contributed by atoms with E-state index in [2.05, 4.69) is 142 Å². The Morgan fingerprint density at radius 3 is 1.34 bits per heavy atom. The van der Waals surface area contributed by atoms with Gasteiger partial charge in [-0.25, -0.2) is 0 Å². The molecule has 35 heavy (non-hydrogen) atoms. The van der Waals surface area contributed by atoms with Gasteiger partial charge < -0.3 is 4.74 Å². The Hall–Kier alpha value is -1.68. The van der Waals surface area contributed by atoms with Crippen molar-refractivity contribution >= 4 is 23.5 Å². The molecule has 0 saturated carbocycles. The number of benzene rings is 3. The molecule has 2 fully saturated rings. The highest BCUT2D eigenvalue weighted by molar-refractivity contribution is 8.06. The zero-order valence-corrected chi connectivity index (χ0v) is 23.5. The maximum absolute atomic E-state index is 4.86. The fourth-order valence-electron chi connectivity index (χ4n) is 4.04.